The predicted molar refractivity (Wildman–Crippen MR) is 75.9 cm³/mol. The van der Waals surface area contributed by atoms with Gasteiger partial charge in [-0.1, -0.05) is 32.1 Å². The molecule has 1 amide bonds. The summed E-state index contributed by atoms with van der Waals surface area (Å²) in [5.41, 5.74) is 0. The van der Waals surface area contributed by atoms with Crippen molar-refractivity contribution in [1.82, 2.24) is 10.2 Å². The summed E-state index contributed by atoms with van der Waals surface area (Å²) in [6, 6.07) is 0.902. The molecule has 0 radical (unpaired) electrons. The predicted octanol–water partition coefficient (Wildman–Crippen LogP) is 1.67. The van der Waals surface area contributed by atoms with E-state index in [1.54, 1.807) is 0 Å². The molecule has 2 rings (SSSR count). The zero-order valence-electron chi connectivity index (χ0n) is 11.9. The molecule has 2 N–H and O–H groups in total. The van der Waals surface area contributed by atoms with E-state index >= 15 is 0 Å². The number of carbonyl (C=O) groups excluding carboxylic acids is 1. The molecule has 2 fully saturated rings. The number of aliphatic hydroxyl groups is 1. The fourth-order valence-corrected chi connectivity index (χ4v) is 3.15. The molecule has 2 aliphatic carbocycles. The monoisotopic (exact) mass is 268 g/mol. The molecule has 0 unspecified atom stereocenters. The van der Waals surface area contributed by atoms with Crippen molar-refractivity contribution in [2.24, 2.45) is 0 Å². The molecule has 0 bridgehead atoms. The lowest BCUT2D eigenvalue weighted by atomic mass is 9.91. The maximum atomic E-state index is 12.1. The van der Waals surface area contributed by atoms with Gasteiger partial charge in [-0.25, -0.2) is 0 Å². The van der Waals surface area contributed by atoms with E-state index in [4.69, 9.17) is 5.11 Å². The molecule has 2 saturated carbocycles. The van der Waals surface area contributed by atoms with Crippen LogP contribution in [0.25, 0.3) is 0 Å². The zero-order chi connectivity index (χ0) is 13.5. The minimum atomic E-state index is 0.146. The molecular weight excluding hydrogens is 240 g/mol. The molecular formula is C15H28N2O2. The van der Waals surface area contributed by atoms with E-state index < -0.39 is 0 Å². The third-order valence-corrected chi connectivity index (χ3v) is 4.55. The number of hydrogen-bond donors (Lipinski definition) is 2. The maximum Gasteiger partial charge on any atom is 0.234 e. The Morgan fingerprint density at radius 3 is 2.26 bits per heavy atom. The van der Waals surface area contributed by atoms with Crippen LogP contribution in [0.4, 0.5) is 0 Å². The van der Waals surface area contributed by atoms with Gasteiger partial charge >= 0.3 is 0 Å². The van der Waals surface area contributed by atoms with Crippen LogP contribution in [0.5, 0.6) is 0 Å². The van der Waals surface area contributed by atoms with Gasteiger partial charge in [-0.15, -0.1) is 0 Å². The van der Waals surface area contributed by atoms with Crippen LogP contribution in [0.15, 0.2) is 0 Å². The van der Waals surface area contributed by atoms with Crippen molar-refractivity contribution in [2.45, 2.75) is 69.9 Å². The normalized spacial score (nSPS) is 22.0. The highest BCUT2D eigenvalue weighted by molar-refractivity contribution is 5.78. The molecule has 0 spiro atoms. The lowest BCUT2D eigenvalue weighted by Gasteiger charge is -2.37. The second kappa shape index (κ2) is 7.85. The lowest BCUT2D eigenvalue weighted by Crippen LogP contribution is -2.48. The van der Waals surface area contributed by atoms with Crippen LogP contribution >= 0.6 is 0 Å². The van der Waals surface area contributed by atoms with Crippen LogP contribution in [-0.4, -0.2) is 47.7 Å². The molecule has 2 aliphatic rings. The smallest absolute Gasteiger partial charge is 0.234 e. The number of aliphatic hydroxyl groups excluding tert-OH is 1. The molecule has 4 nitrogen and oxygen atoms in total. The van der Waals surface area contributed by atoms with E-state index in [9.17, 15) is 4.79 Å². The topological polar surface area (TPSA) is 52.6 Å². The van der Waals surface area contributed by atoms with Crippen molar-refractivity contribution >= 4 is 5.91 Å². The average molecular weight is 268 g/mol. The minimum absolute atomic E-state index is 0.146. The first-order valence-electron chi connectivity index (χ1n) is 7.94. The van der Waals surface area contributed by atoms with E-state index in [0.29, 0.717) is 25.2 Å². The first-order chi connectivity index (χ1) is 9.29. The molecule has 0 saturated heterocycles. The summed E-state index contributed by atoms with van der Waals surface area (Å²) >= 11 is 0. The van der Waals surface area contributed by atoms with Crippen molar-refractivity contribution in [2.75, 3.05) is 19.7 Å². The minimum Gasteiger partial charge on any atom is -0.395 e. The Morgan fingerprint density at radius 2 is 1.74 bits per heavy atom. The highest BCUT2D eigenvalue weighted by Crippen LogP contribution is 2.24. The summed E-state index contributed by atoms with van der Waals surface area (Å²) in [6.07, 6.45) is 11.0. The van der Waals surface area contributed by atoms with Gasteiger partial charge in [0.25, 0.3) is 0 Å². The lowest BCUT2D eigenvalue weighted by molar-refractivity contribution is -0.124. The first kappa shape index (κ1) is 14.8. The fraction of sp³-hybridized carbons (Fsp3) is 0.933. The van der Waals surface area contributed by atoms with Crippen molar-refractivity contribution in [3.05, 3.63) is 0 Å². The van der Waals surface area contributed by atoms with Gasteiger partial charge in [-0.05, 0) is 25.7 Å². The summed E-state index contributed by atoms with van der Waals surface area (Å²) in [5.74, 6) is 0.146. The Bertz CT molecular complexity index is 271. The highest BCUT2D eigenvalue weighted by Gasteiger charge is 2.26. The van der Waals surface area contributed by atoms with Gasteiger partial charge < -0.3 is 10.4 Å². The summed E-state index contributed by atoms with van der Waals surface area (Å²) in [6.45, 7) is 1.23. The molecule has 0 aromatic carbocycles. The summed E-state index contributed by atoms with van der Waals surface area (Å²) in [4.78, 5) is 14.3. The van der Waals surface area contributed by atoms with Crippen LogP contribution in [0.1, 0.15) is 57.8 Å². The molecule has 4 heteroatoms. The van der Waals surface area contributed by atoms with E-state index in [1.807, 2.05) is 0 Å². The fourth-order valence-electron chi connectivity index (χ4n) is 3.15. The maximum absolute atomic E-state index is 12.1. The molecule has 0 aliphatic heterocycles. The SMILES string of the molecule is O=C(CN(CCO)C1CCC1)NC1CCCCCC1. The number of rotatable bonds is 6. The molecule has 0 aromatic heterocycles. The average Bonchev–Trinajstić information content (AvgIpc) is 2.55. The van der Waals surface area contributed by atoms with Crippen LogP contribution in [0.3, 0.4) is 0 Å². The Balaban J connectivity index is 1.74. The largest absolute Gasteiger partial charge is 0.395 e. The van der Waals surface area contributed by atoms with Crippen LogP contribution < -0.4 is 5.32 Å². The summed E-state index contributed by atoms with van der Waals surface area (Å²) in [5, 5.41) is 12.3. The Kier molecular flexibility index (Phi) is 6.11. The standard InChI is InChI=1S/C15H28N2O2/c18-11-10-17(14-8-5-9-14)12-15(19)16-13-6-3-1-2-4-7-13/h13-14,18H,1-12H2,(H,16,19). The Labute approximate surface area is 116 Å². The van der Waals surface area contributed by atoms with Gasteiger partial charge in [0.2, 0.25) is 5.91 Å². The number of carbonyl (C=O) groups is 1. The van der Waals surface area contributed by atoms with E-state index in [0.717, 1.165) is 12.8 Å². The summed E-state index contributed by atoms with van der Waals surface area (Å²) in [7, 11) is 0. The molecule has 0 heterocycles. The van der Waals surface area contributed by atoms with Crippen molar-refractivity contribution in [3.8, 4) is 0 Å². The highest BCUT2D eigenvalue weighted by atomic mass is 16.3. The van der Waals surface area contributed by atoms with Crippen molar-refractivity contribution in [1.29, 1.82) is 0 Å². The van der Waals surface area contributed by atoms with Crippen molar-refractivity contribution < 1.29 is 9.90 Å². The quantitative estimate of drug-likeness (QED) is 0.721. The van der Waals surface area contributed by atoms with Gasteiger partial charge in [0.15, 0.2) is 0 Å². The second-order valence-electron chi connectivity index (χ2n) is 6.03. The molecule has 110 valence electrons. The van der Waals surface area contributed by atoms with Crippen LogP contribution in [0, 0.1) is 0 Å². The van der Waals surface area contributed by atoms with Gasteiger partial charge in [0.1, 0.15) is 0 Å². The first-order valence-corrected chi connectivity index (χ1v) is 7.94. The van der Waals surface area contributed by atoms with Gasteiger partial charge in [0.05, 0.1) is 13.2 Å². The van der Waals surface area contributed by atoms with Crippen molar-refractivity contribution in [3.63, 3.8) is 0 Å². The van der Waals surface area contributed by atoms with Crippen LogP contribution in [-0.2, 0) is 4.79 Å². The zero-order valence-corrected chi connectivity index (χ0v) is 11.9. The third-order valence-electron chi connectivity index (χ3n) is 4.55. The molecule has 0 aromatic rings. The number of amides is 1. The molecule has 0 atom stereocenters. The Hall–Kier alpha value is -0.610. The van der Waals surface area contributed by atoms with E-state index in [-0.39, 0.29) is 12.5 Å². The molecule has 19 heavy (non-hydrogen) atoms. The Morgan fingerprint density at radius 1 is 1.05 bits per heavy atom. The van der Waals surface area contributed by atoms with Gasteiger partial charge in [-0.2, -0.15) is 0 Å². The van der Waals surface area contributed by atoms with Gasteiger partial charge in [-0.3, -0.25) is 9.69 Å². The number of nitrogens with zero attached hydrogens (tertiary/aromatic N) is 1. The van der Waals surface area contributed by atoms with E-state index in [1.165, 1.54) is 44.9 Å². The third kappa shape index (κ3) is 4.77. The van der Waals surface area contributed by atoms with E-state index in [2.05, 4.69) is 10.2 Å². The second-order valence-corrected chi connectivity index (χ2v) is 6.03. The summed E-state index contributed by atoms with van der Waals surface area (Å²) < 4.78 is 0. The number of nitrogens with one attached hydrogen (secondary N) is 1. The van der Waals surface area contributed by atoms with Crippen LogP contribution in [0.2, 0.25) is 0 Å². The number of hydrogen-bond acceptors (Lipinski definition) is 3. The van der Waals surface area contributed by atoms with Gasteiger partial charge in [0, 0.05) is 18.6 Å².